The zero-order valence-corrected chi connectivity index (χ0v) is 11.1. The lowest BCUT2D eigenvalue weighted by molar-refractivity contribution is 0.0665. The molecule has 0 saturated carbocycles. The molecule has 0 spiro atoms. The Kier molecular flexibility index (Phi) is 2.78. The molecule has 2 heterocycles. The number of aromatic carboxylic acids is 1. The fourth-order valence-corrected chi connectivity index (χ4v) is 2.18. The number of furan rings is 1. The molecule has 6 nitrogen and oxygen atoms in total. The van der Waals surface area contributed by atoms with Crippen LogP contribution in [0.1, 0.15) is 27.8 Å². The molecule has 0 aliphatic carbocycles. The molecule has 0 amide bonds. The van der Waals surface area contributed by atoms with E-state index in [-0.39, 0.29) is 5.76 Å². The van der Waals surface area contributed by atoms with Gasteiger partial charge in [0, 0.05) is 5.39 Å². The van der Waals surface area contributed by atoms with Gasteiger partial charge in [-0.25, -0.2) is 14.5 Å². The number of aryl methyl sites for hydroxylation is 2. The topological polar surface area (TPSA) is 81.2 Å². The summed E-state index contributed by atoms with van der Waals surface area (Å²) in [7, 11) is 0. The minimum absolute atomic E-state index is 0.0510. The van der Waals surface area contributed by atoms with Gasteiger partial charge in [0.25, 0.3) is 0 Å². The molecule has 6 heteroatoms. The molecule has 3 rings (SSSR count). The Morgan fingerprint density at radius 1 is 1.35 bits per heavy atom. The summed E-state index contributed by atoms with van der Waals surface area (Å²) in [4.78, 5) is 15.1. The van der Waals surface area contributed by atoms with E-state index in [1.54, 1.807) is 6.07 Å². The molecule has 0 radical (unpaired) electrons. The highest BCUT2D eigenvalue weighted by Crippen LogP contribution is 2.21. The number of carboxylic acid groups (broad SMARTS) is 1. The number of carbonyl (C=O) groups is 1. The van der Waals surface area contributed by atoms with E-state index < -0.39 is 5.97 Å². The van der Waals surface area contributed by atoms with E-state index in [4.69, 9.17) is 9.52 Å². The van der Waals surface area contributed by atoms with Gasteiger partial charge in [-0.15, -0.1) is 0 Å². The number of fused-ring (bicyclic) bond motifs is 1. The summed E-state index contributed by atoms with van der Waals surface area (Å²) >= 11 is 0. The molecular formula is C14H13N3O3. The van der Waals surface area contributed by atoms with Crippen molar-refractivity contribution in [2.45, 2.75) is 20.4 Å². The molecule has 0 atom stereocenters. The molecule has 0 aliphatic heterocycles. The number of carboxylic acids is 1. The van der Waals surface area contributed by atoms with Crippen LogP contribution < -0.4 is 0 Å². The van der Waals surface area contributed by atoms with Gasteiger partial charge in [-0.2, -0.15) is 5.10 Å². The van der Waals surface area contributed by atoms with Crippen molar-refractivity contribution in [3.8, 4) is 0 Å². The van der Waals surface area contributed by atoms with Gasteiger partial charge in [-0.05, 0) is 37.6 Å². The van der Waals surface area contributed by atoms with Crippen LogP contribution >= 0.6 is 0 Å². The highest BCUT2D eigenvalue weighted by molar-refractivity contribution is 5.91. The van der Waals surface area contributed by atoms with Crippen LogP contribution in [-0.4, -0.2) is 25.8 Å². The molecule has 2 aromatic heterocycles. The zero-order valence-electron chi connectivity index (χ0n) is 11.1. The second kappa shape index (κ2) is 4.48. The van der Waals surface area contributed by atoms with Crippen LogP contribution in [0.2, 0.25) is 0 Å². The summed E-state index contributed by atoms with van der Waals surface area (Å²) in [5.41, 5.74) is 1.58. The first-order valence-corrected chi connectivity index (χ1v) is 6.17. The fourth-order valence-electron chi connectivity index (χ4n) is 2.18. The number of hydrogen-bond donors (Lipinski definition) is 1. The van der Waals surface area contributed by atoms with E-state index in [1.165, 1.54) is 6.07 Å². The third-order valence-electron chi connectivity index (χ3n) is 3.09. The Labute approximate surface area is 114 Å². The van der Waals surface area contributed by atoms with Crippen molar-refractivity contribution in [1.82, 2.24) is 14.8 Å². The maximum atomic E-state index is 10.9. The van der Waals surface area contributed by atoms with Crippen molar-refractivity contribution in [3.63, 3.8) is 0 Å². The SMILES string of the molecule is Cc1nc(C)n(Cc2ccc3oc(C(=O)O)cc3c2)n1. The summed E-state index contributed by atoms with van der Waals surface area (Å²) < 4.78 is 7.04. The number of benzene rings is 1. The molecule has 3 aromatic rings. The normalized spacial score (nSPS) is 11.1. The average molecular weight is 271 g/mol. The first-order chi connectivity index (χ1) is 9.52. The maximum Gasteiger partial charge on any atom is 0.371 e. The Balaban J connectivity index is 1.96. The number of aromatic nitrogens is 3. The second-order valence-corrected chi connectivity index (χ2v) is 4.65. The van der Waals surface area contributed by atoms with Crippen LogP contribution in [0, 0.1) is 13.8 Å². The molecule has 0 fully saturated rings. The molecule has 1 N–H and O–H groups in total. The Morgan fingerprint density at radius 2 is 2.15 bits per heavy atom. The predicted octanol–water partition coefficient (Wildman–Crippen LogP) is 2.39. The van der Waals surface area contributed by atoms with Gasteiger partial charge in [-0.3, -0.25) is 0 Å². The summed E-state index contributed by atoms with van der Waals surface area (Å²) in [5.74, 6) is 0.469. The highest BCUT2D eigenvalue weighted by Gasteiger charge is 2.11. The van der Waals surface area contributed by atoms with Crippen molar-refractivity contribution in [1.29, 1.82) is 0 Å². The summed E-state index contributed by atoms with van der Waals surface area (Å²) in [5, 5.41) is 14.0. The van der Waals surface area contributed by atoms with Crippen LogP contribution in [0.25, 0.3) is 11.0 Å². The van der Waals surface area contributed by atoms with E-state index >= 15 is 0 Å². The van der Waals surface area contributed by atoms with Crippen LogP contribution in [0.5, 0.6) is 0 Å². The van der Waals surface area contributed by atoms with Crippen molar-refractivity contribution in [2.75, 3.05) is 0 Å². The largest absolute Gasteiger partial charge is 0.475 e. The third kappa shape index (κ3) is 2.16. The van der Waals surface area contributed by atoms with Crippen molar-refractivity contribution in [3.05, 3.63) is 47.2 Å². The van der Waals surface area contributed by atoms with E-state index in [0.717, 1.165) is 22.6 Å². The second-order valence-electron chi connectivity index (χ2n) is 4.65. The molecule has 0 bridgehead atoms. The van der Waals surface area contributed by atoms with E-state index in [2.05, 4.69) is 10.1 Å². The lowest BCUT2D eigenvalue weighted by Crippen LogP contribution is -2.03. The smallest absolute Gasteiger partial charge is 0.371 e. The van der Waals surface area contributed by atoms with Gasteiger partial charge < -0.3 is 9.52 Å². The minimum atomic E-state index is -1.06. The Morgan fingerprint density at radius 3 is 2.80 bits per heavy atom. The Hall–Kier alpha value is -2.63. The van der Waals surface area contributed by atoms with Crippen LogP contribution in [-0.2, 0) is 6.54 Å². The van der Waals surface area contributed by atoms with E-state index in [0.29, 0.717) is 12.1 Å². The van der Waals surface area contributed by atoms with Crippen LogP contribution in [0.15, 0.2) is 28.7 Å². The lowest BCUT2D eigenvalue weighted by atomic mass is 10.1. The molecule has 102 valence electrons. The monoisotopic (exact) mass is 271 g/mol. The maximum absolute atomic E-state index is 10.9. The van der Waals surface area contributed by atoms with E-state index in [9.17, 15) is 4.79 Å². The van der Waals surface area contributed by atoms with Gasteiger partial charge in [0.2, 0.25) is 5.76 Å². The van der Waals surface area contributed by atoms with Crippen LogP contribution in [0.4, 0.5) is 0 Å². The average Bonchev–Trinajstić information content (AvgIpc) is 2.93. The van der Waals surface area contributed by atoms with Gasteiger partial charge >= 0.3 is 5.97 Å². The Bertz CT molecular complexity index is 801. The molecule has 0 aliphatic rings. The fraction of sp³-hybridized carbons (Fsp3) is 0.214. The molecular weight excluding hydrogens is 258 g/mol. The number of hydrogen-bond acceptors (Lipinski definition) is 4. The molecule has 0 saturated heterocycles. The summed E-state index contributed by atoms with van der Waals surface area (Å²) in [6.07, 6.45) is 0. The molecule has 20 heavy (non-hydrogen) atoms. The number of rotatable bonds is 3. The first-order valence-electron chi connectivity index (χ1n) is 6.17. The predicted molar refractivity (Wildman–Crippen MR) is 71.8 cm³/mol. The summed E-state index contributed by atoms with van der Waals surface area (Å²) in [6, 6.07) is 7.10. The standard InChI is InChI=1S/C14H13N3O3/c1-8-15-9(2)17(16-8)7-10-3-4-12-11(5-10)6-13(20-12)14(18)19/h3-6H,7H2,1-2H3,(H,18,19). The van der Waals surface area contributed by atoms with E-state index in [1.807, 2.05) is 30.7 Å². The van der Waals surface area contributed by atoms with Crippen molar-refractivity contribution in [2.24, 2.45) is 0 Å². The first kappa shape index (κ1) is 12.4. The molecule has 1 aromatic carbocycles. The van der Waals surface area contributed by atoms with Crippen molar-refractivity contribution < 1.29 is 14.3 Å². The van der Waals surface area contributed by atoms with Crippen molar-refractivity contribution >= 4 is 16.9 Å². The third-order valence-corrected chi connectivity index (χ3v) is 3.09. The zero-order chi connectivity index (χ0) is 14.3. The quantitative estimate of drug-likeness (QED) is 0.791. The van der Waals surface area contributed by atoms with Gasteiger partial charge in [0.05, 0.1) is 6.54 Å². The van der Waals surface area contributed by atoms with Gasteiger partial charge in [0.15, 0.2) is 0 Å². The summed E-state index contributed by atoms with van der Waals surface area (Å²) in [6.45, 7) is 4.34. The van der Waals surface area contributed by atoms with Gasteiger partial charge in [-0.1, -0.05) is 6.07 Å². The lowest BCUT2D eigenvalue weighted by Gasteiger charge is -2.03. The van der Waals surface area contributed by atoms with Gasteiger partial charge in [0.1, 0.15) is 17.2 Å². The molecule has 0 unspecified atom stereocenters. The highest BCUT2D eigenvalue weighted by atomic mass is 16.4. The van der Waals surface area contributed by atoms with Crippen LogP contribution in [0.3, 0.4) is 0 Å². The number of nitrogens with zero attached hydrogens (tertiary/aromatic N) is 3. The minimum Gasteiger partial charge on any atom is -0.475 e.